The number of para-hydroxylation sites is 2. The lowest BCUT2D eigenvalue weighted by Gasteiger charge is -2.25. The van der Waals surface area contributed by atoms with Crippen LogP contribution in [-0.4, -0.2) is 34.2 Å². The number of benzene rings is 2. The Morgan fingerprint density at radius 3 is 2.30 bits per heavy atom. The first kappa shape index (κ1) is 15.8. The zero-order chi connectivity index (χ0) is 16.1. The van der Waals surface area contributed by atoms with Crippen LogP contribution in [0.2, 0.25) is 0 Å². The summed E-state index contributed by atoms with van der Waals surface area (Å²) in [7, 11) is 0. The van der Waals surface area contributed by atoms with Gasteiger partial charge in [0.1, 0.15) is 11.5 Å². The van der Waals surface area contributed by atoms with Gasteiger partial charge in [0.25, 0.3) is 0 Å². The maximum absolute atomic E-state index is 9.94. The van der Waals surface area contributed by atoms with Crippen LogP contribution in [0.5, 0.6) is 11.5 Å². The van der Waals surface area contributed by atoms with Gasteiger partial charge in [0, 0.05) is 36.8 Å². The highest BCUT2D eigenvalue weighted by Gasteiger charge is 2.24. The number of phenolic OH excluding ortho intramolecular Hbond substituents is 2. The van der Waals surface area contributed by atoms with E-state index in [0.717, 1.165) is 30.8 Å². The zero-order valence-electron chi connectivity index (χ0n) is 13.3. The fraction of sp³-hybridized carbons (Fsp3) is 0.368. The Kier molecular flexibility index (Phi) is 5.16. The fourth-order valence-corrected chi connectivity index (χ4v) is 3.23. The van der Waals surface area contributed by atoms with E-state index in [1.807, 2.05) is 36.4 Å². The van der Waals surface area contributed by atoms with Crippen LogP contribution >= 0.6 is 0 Å². The quantitative estimate of drug-likeness (QED) is 0.768. The Hall–Kier alpha value is -2.04. The SMILES string of the molecule is Oc1ccccc1CNCC1CCCN1Cc1ccccc1O. The van der Waals surface area contributed by atoms with Gasteiger partial charge in [0.05, 0.1) is 0 Å². The lowest BCUT2D eigenvalue weighted by molar-refractivity contribution is 0.236. The third-order valence-electron chi connectivity index (χ3n) is 4.55. The third kappa shape index (κ3) is 4.03. The Morgan fingerprint density at radius 1 is 0.957 bits per heavy atom. The molecule has 122 valence electrons. The molecule has 1 aliphatic heterocycles. The molecule has 1 saturated heterocycles. The predicted octanol–water partition coefficient (Wildman–Crippen LogP) is 2.85. The van der Waals surface area contributed by atoms with Crippen molar-refractivity contribution in [3.63, 3.8) is 0 Å². The molecule has 23 heavy (non-hydrogen) atoms. The van der Waals surface area contributed by atoms with E-state index in [1.165, 1.54) is 12.8 Å². The summed E-state index contributed by atoms with van der Waals surface area (Å²) < 4.78 is 0. The summed E-state index contributed by atoms with van der Waals surface area (Å²) in [5.41, 5.74) is 1.91. The average molecular weight is 312 g/mol. The molecule has 0 radical (unpaired) electrons. The molecule has 2 aromatic carbocycles. The van der Waals surface area contributed by atoms with Gasteiger partial charge in [0.2, 0.25) is 0 Å². The van der Waals surface area contributed by atoms with Crippen LogP contribution in [-0.2, 0) is 13.1 Å². The number of rotatable bonds is 6. The number of nitrogens with zero attached hydrogens (tertiary/aromatic N) is 1. The molecule has 1 heterocycles. The second kappa shape index (κ2) is 7.49. The van der Waals surface area contributed by atoms with Gasteiger partial charge in [0.15, 0.2) is 0 Å². The molecule has 4 nitrogen and oxygen atoms in total. The third-order valence-corrected chi connectivity index (χ3v) is 4.55. The normalized spacial score (nSPS) is 18.3. The Morgan fingerprint density at radius 2 is 1.61 bits per heavy atom. The van der Waals surface area contributed by atoms with Gasteiger partial charge in [-0.3, -0.25) is 4.90 Å². The van der Waals surface area contributed by atoms with Crippen molar-refractivity contribution in [2.24, 2.45) is 0 Å². The molecular formula is C19H24N2O2. The van der Waals surface area contributed by atoms with E-state index >= 15 is 0 Å². The molecule has 0 amide bonds. The summed E-state index contributed by atoms with van der Waals surface area (Å²) >= 11 is 0. The van der Waals surface area contributed by atoms with Gasteiger partial charge in [-0.05, 0) is 31.5 Å². The van der Waals surface area contributed by atoms with Crippen molar-refractivity contribution in [2.45, 2.75) is 32.0 Å². The van der Waals surface area contributed by atoms with E-state index in [1.54, 1.807) is 12.1 Å². The summed E-state index contributed by atoms with van der Waals surface area (Å²) in [5.74, 6) is 0.720. The van der Waals surface area contributed by atoms with Gasteiger partial charge in [-0.15, -0.1) is 0 Å². The Bertz CT molecular complexity index is 645. The molecule has 1 fully saturated rings. The lowest BCUT2D eigenvalue weighted by atomic mass is 10.1. The summed E-state index contributed by atoms with van der Waals surface area (Å²) in [5, 5.41) is 23.2. The monoisotopic (exact) mass is 312 g/mol. The van der Waals surface area contributed by atoms with Gasteiger partial charge in [-0.1, -0.05) is 36.4 Å². The maximum atomic E-state index is 9.94. The molecule has 0 bridgehead atoms. The highest BCUT2D eigenvalue weighted by atomic mass is 16.3. The molecule has 3 rings (SSSR count). The minimum absolute atomic E-state index is 0.345. The molecule has 0 spiro atoms. The molecule has 1 unspecified atom stereocenters. The number of phenols is 2. The molecule has 4 heteroatoms. The fourth-order valence-electron chi connectivity index (χ4n) is 3.23. The first-order chi connectivity index (χ1) is 11.2. The van der Waals surface area contributed by atoms with E-state index < -0.39 is 0 Å². The van der Waals surface area contributed by atoms with E-state index in [2.05, 4.69) is 10.2 Å². The number of hydrogen-bond acceptors (Lipinski definition) is 4. The van der Waals surface area contributed by atoms with E-state index in [9.17, 15) is 10.2 Å². The molecule has 0 aliphatic carbocycles. The topological polar surface area (TPSA) is 55.7 Å². The van der Waals surface area contributed by atoms with Crippen LogP contribution < -0.4 is 5.32 Å². The summed E-state index contributed by atoms with van der Waals surface area (Å²) in [6, 6.07) is 15.5. The second-order valence-electron chi connectivity index (χ2n) is 6.15. The molecule has 1 atom stereocenters. The van der Waals surface area contributed by atoms with Crippen molar-refractivity contribution in [2.75, 3.05) is 13.1 Å². The number of aromatic hydroxyl groups is 2. The van der Waals surface area contributed by atoms with Crippen LogP contribution in [0.15, 0.2) is 48.5 Å². The molecule has 3 N–H and O–H groups in total. The van der Waals surface area contributed by atoms with Gasteiger partial charge in [-0.25, -0.2) is 0 Å². The van der Waals surface area contributed by atoms with Crippen molar-refractivity contribution in [3.05, 3.63) is 59.7 Å². The van der Waals surface area contributed by atoms with Crippen LogP contribution in [0, 0.1) is 0 Å². The molecule has 1 aliphatic rings. The van der Waals surface area contributed by atoms with E-state index in [4.69, 9.17) is 0 Å². The van der Waals surface area contributed by atoms with Crippen LogP contribution in [0.25, 0.3) is 0 Å². The van der Waals surface area contributed by atoms with E-state index in [-0.39, 0.29) is 0 Å². The maximum Gasteiger partial charge on any atom is 0.120 e. The first-order valence-corrected chi connectivity index (χ1v) is 8.22. The summed E-state index contributed by atoms with van der Waals surface area (Å²) in [4.78, 5) is 2.42. The highest BCUT2D eigenvalue weighted by Crippen LogP contribution is 2.24. The van der Waals surface area contributed by atoms with Crippen LogP contribution in [0.3, 0.4) is 0 Å². The molecule has 0 aromatic heterocycles. The van der Waals surface area contributed by atoms with Crippen molar-refractivity contribution in [3.8, 4) is 11.5 Å². The predicted molar refractivity (Wildman–Crippen MR) is 91.4 cm³/mol. The number of nitrogens with one attached hydrogen (secondary N) is 1. The molecule has 2 aromatic rings. The molecule has 0 saturated carbocycles. The lowest BCUT2D eigenvalue weighted by Crippen LogP contribution is -2.37. The average Bonchev–Trinajstić information content (AvgIpc) is 2.99. The van der Waals surface area contributed by atoms with Crippen molar-refractivity contribution in [1.29, 1.82) is 0 Å². The standard InChI is InChI=1S/C19H24N2O2/c22-18-9-3-1-6-15(18)12-20-13-17-8-5-11-21(17)14-16-7-2-4-10-19(16)23/h1-4,6-7,9-10,17,20,22-23H,5,8,11-14H2. The Balaban J connectivity index is 1.53. The Labute approximate surface area is 137 Å². The highest BCUT2D eigenvalue weighted by molar-refractivity contribution is 5.32. The smallest absolute Gasteiger partial charge is 0.120 e. The van der Waals surface area contributed by atoms with Crippen molar-refractivity contribution < 1.29 is 10.2 Å². The minimum atomic E-state index is 0.345. The van der Waals surface area contributed by atoms with E-state index in [0.29, 0.717) is 24.1 Å². The summed E-state index contributed by atoms with van der Waals surface area (Å²) in [6.45, 7) is 3.42. The zero-order valence-corrected chi connectivity index (χ0v) is 13.3. The van der Waals surface area contributed by atoms with Crippen LogP contribution in [0.1, 0.15) is 24.0 Å². The molecular weight excluding hydrogens is 288 g/mol. The second-order valence-corrected chi connectivity index (χ2v) is 6.15. The minimum Gasteiger partial charge on any atom is -0.508 e. The largest absolute Gasteiger partial charge is 0.508 e. The van der Waals surface area contributed by atoms with Crippen molar-refractivity contribution >= 4 is 0 Å². The van der Waals surface area contributed by atoms with Crippen molar-refractivity contribution in [1.82, 2.24) is 10.2 Å². The first-order valence-electron chi connectivity index (χ1n) is 8.22. The number of likely N-dealkylation sites (tertiary alicyclic amines) is 1. The summed E-state index contributed by atoms with van der Waals surface area (Å²) in [6.07, 6.45) is 2.36. The van der Waals surface area contributed by atoms with Gasteiger partial charge >= 0.3 is 0 Å². The number of hydrogen-bond donors (Lipinski definition) is 3. The van der Waals surface area contributed by atoms with Gasteiger partial charge in [-0.2, -0.15) is 0 Å². The van der Waals surface area contributed by atoms with Gasteiger partial charge < -0.3 is 15.5 Å². The van der Waals surface area contributed by atoms with Crippen LogP contribution in [0.4, 0.5) is 0 Å².